The first kappa shape index (κ1) is 14.3. The lowest BCUT2D eigenvalue weighted by atomic mass is 9.59. The number of rotatable bonds is 0. The largest absolute Gasteiger partial charge is 0.279 e. The molecule has 1 aliphatic rings. The van der Waals surface area contributed by atoms with Crippen LogP contribution in [0.4, 0.5) is 0 Å². The van der Waals surface area contributed by atoms with Gasteiger partial charge in [0.2, 0.25) is 0 Å². The first-order chi connectivity index (χ1) is 17.1. The third-order valence-corrected chi connectivity index (χ3v) is 8.65. The zero-order valence-electron chi connectivity index (χ0n) is 26.3. The topological polar surface area (TPSA) is 30.2 Å². The van der Waals surface area contributed by atoms with Gasteiger partial charge in [0.15, 0.2) is 0 Å². The molecule has 0 radical (unpaired) electrons. The van der Waals surface area contributed by atoms with E-state index in [2.05, 4.69) is 57.5 Å². The average molecular weight is 486 g/mol. The molecule has 4 heteroatoms. The predicted molar refractivity (Wildman–Crippen MR) is 134 cm³/mol. The van der Waals surface area contributed by atoms with Crippen LogP contribution >= 0.6 is 15.9 Å². The zero-order chi connectivity index (χ0) is 28.7. The Morgan fingerprint density at radius 2 is 1.68 bits per heavy atom. The Hall–Kier alpha value is -1.94. The van der Waals surface area contributed by atoms with Crippen molar-refractivity contribution in [3.8, 4) is 0 Å². The Labute approximate surface area is 203 Å². The molecule has 162 valence electrons. The van der Waals surface area contributed by atoms with Crippen LogP contribution in [0.15, 0.2) is 34.7 Å². The van der Waals surface area contributed by atoms with Crippen molar-refractivity contribution in [3.05, 3.63) is 51.7 Å². The van der Waals surface area contributed by atoms with Gasteiger partial charge in [-0.2, -0.15) is 0 Å². The lowest BCUT2D eigenvalue weighted by molar-refractivity contribution is 0.125. The molecule has 0 unspecified atom stereocenters. The normalized spacial score (nSPS) is 23.1. The van der Waals surface area contributed by atoms with Crippen molar-refractivity contribution in [2.45, 2.75) is 78.5 Å². The Morgan fingerprint density at radius 3 is 2.32 bits per heavy atom. The van der Waals surface area contributed by atoms with Crippen molar-refractivity contribution in [3.63, 3.8) is 0 Å². The van der Waals surface area contributed by atoms with Crippen molar-refractivity contribution >= 4 is 43.5 Å². The van der Waals surface area contributed by atoms with E-state index in [4.69, 9.17) is 16.8 Å². The molecule has 4 aromatic rings. The number of hydrogen-bond donors (Lipinski definition) is 0. The smallest absolute Gasteiger partial charge is 0.148 e. The maximum Gasteiger partial charge on any atom is 0.148 e. The molecule has 0 bridgehead atoms. The molecule has 3 nitrogen and oxygen atoms in total. The van der Waals surface area contributed by atoms with Gasteiger partial charge in [-0.3, -0.25) is 4.40 Å². The van der Waals surface area contributed by atoms with E-state index >= 15 is 0 Å². The molecule has 31 heavy (non-hydrogen) atoms. The van der Waals surface area contributed by atoms with Crippen LogP contribution in [-0.2, 0) is 16.2 Å². The molecule has 0 amide bonds. The first-order valence-corrected chi connectivity index (χ1v) is 11.4. The summed E-state index contributed by atoms with van der Waals surface area (Å²) < 4.78 is 62.4. The van der Waals surface area contributed by atoms with E-state index in [9.17, 15) is 2.74 Å². The van der Waals surface area contributed by atoms with Gasteiger partial charge in [-0.15, -0.1) is 0 Å². The molecule has 0 spiro atoms. The van der Waals surface area contributed by atoms with E-state index in [-0.39, 0.29) is 39.9 Å². The van der Waals surface area contributed by atoms with Crippen LogP contribution in [0.3, 0.4) is 0 Å². The fourth-order valence-corrected chi connectivity index (χ4v) is 5.40. The molecule has 0 atom stereocenters. The fourth-order valence-electron chi connectivity index (χ4n) is 4.99. The number of imidazole rings is 1. The molecule has 2 aromatic heterocycles. The third kappa shape index (κ3) is 2.46. The Balaban J connectivity index is 2.13. The van der Waals surface area contributed by atoms with Crippen LogP contribution < -0.4 is 0 Å². The fraction of sp³-hybridized carbons (Fsp3) is 0.481. The second kappa shape index (κ2) is 5.89. The van der Waals surface area contributed by atoms with Crippen LogP contribution in [0.1, 0.15) is 88.8 Å². The summed E-state index contributed by atoms with van der Waals surface area (Å²) in [5.41, 5.74) is 0.242. The Morgan fingerprint density at radius 1 is 1.03 bits per heavy atom. The molecule has 0 aliphatic heterocycles. The summed E-state index contributed by atoms with van der Waals surface area (Å²) in [6.07, 6.45) is 0. The number of fused-ring (bicyclic) bond motifs is 6. The number of nitrogens with zero attached hydrogens (tertiary/aromatic N) is 3. The van der Waals surface area contributed by atoms with Crippen molar-refractivity contribution in [1.82, 2.24) is 14.4 Å². The number of halogens is 1. The number of para-hydroxylation sites is 1. The second-order valence-corrected chi connectivity index (χ2v) is 11.7. The summed E-state index contributed by atoms with van der Waals surface area (Å²) in [5, 5.41) is 0.456. The number of hydrogen-bond acceptors (Lipinski definition) is 2. The minimum atomic E-state index is -2.45. The van der Waals surface area contributed by atoms with Gasteiger partial charge in [-0.25, -0.2) is 9.97 Å². The van der Waals surface area contributed by atoms with E-state index in [0.29, 0.717) is 27.6 Å². The maximum absolute atomic E-state index is 9.52. The van der Waals surface area contributed by atoms with Gasteiger partial charge in [0.25, 0.3) is 0 Å². The van der Waals surface area contributed by atoms with Crippen LogP contribution in [0.5, 0.6) is 0 Å². The van der Waals surface area contributed by atoms with E-state index in [1.807, 2.05) is 0 Å². The molecule has 0 saturated carbocycles. The lowest BCUT2D eigenvalue weighted by Gasteiger charge is -2.44. The molecule has 0 saturated heterocycles. The predicted octanol–water partition coefficient (Wildman–Crippen LogP) is 7.69. The van der Waals surface area contributed by atoms with Crippen LogP contribution in [-0.4, -0.2) is 14.4 Å². The van der Waals surface area contributed by atoms with E-state index < -0.39 is 23.1 Å². The molecule has 2 aromatic carbocycles. The summed E-state index contributed by atoms with van der Waals surface area (Å²) in [7, 11) is 0. The van der Waals surface area contributed by atoms with Gasteiger partial charge in [0.1, 0.15) is 11.5 Å². The highest BCUT2D eigenvalue weighted by atomic mass is 79.9. The molecule has 2 heterocycles. The van der Waals surface area contributed by atoms with Gasteiger partial charge >= 0.3 is 0 Å². The van der Waals surface area contributed by atoms with Crippen molar-refractivity contribution in [2.24, 2.45) is 5.41 Å². The van der Waals surface area contributed by atoms with E-state index in [1.165, 1.54) is 6.07 Å². The van der Waals surface area contributed by atoms with Gasteiger partial charge in [0.05, 0.1) is 22.0 Å². The lowest BCUT2D eigenvalue weighted by Crippen LogP contribution is -2.42. The summed E-state index contributed by atoms with van der Waals surface area (Å²) in [6.45, 7) is 13.5. The monoisotopic (exact) mass is 484 g/mol. The average Bonchev–Trinajstić information content (AvgIpc) is 3.23. The molecule has 0 N–H and O–H groups in total. The second-order valence-electron chi connectivity index (χ2n) is 10.9. The molecular formula is C27H32BrN3. The summed E-state index contributed by atoms with van der Waals surface area (Å²) in [6, 6.07) is 1.85. The summed E-state index contributed by atoms with van der Waals surface area (Å²) in [5.74, 6) is 0.169. The van der Waals surface area contributed by atoms with Crippen molar-refractivity contribution in [1.29, 1.82) is 0 Å². The minimum Gasteiger partial charge on any atom is -0.279 e. The third-order valence-electron chi connectivity index (χ3n) is 8.08. The highest BCUT2D eigenvalue weighted by Gasteiger charge is 2.57. The molecule has 1 aliphatic carbocycles. The standard InChI is InChI=1S/C27H32BrN3/c1-24(2,3)23-30-21-15(11-10-12-18(21)28)22-29-19-13-16-17(14-20(19)31(22)23)26(6,7)27(8,9)25(16,4)5/h10-14H,1-9H3/i1D3,10D,12D,13D,14D. The molecule has 0 fully saturated rings. The highest BCUT2D eigenvalue weighted by molar-refractivity contribution is 9.10. The van der Waals surface area contributed by atoms with Crippen molar-refractivity contribution in [2.75, 3.05) is 0 Å². The zero-order valence-corrected chi connectivity index (χ0v) is 20.9. The van der Waals surface area contributed by atoms with Gasteiger partial charge in [0, 0.05) is 19.4 Å². The van der Waals surface area contributed by atoms with Crippen LogP contribution in [0.2, 0.25) is 0 Å². The van der Waals surface area contributed by atoms with Crippen molar-refractivity contribution < 1.29 is 9.60 Å². The van der Waals surface area contributed by atoms with Crippen LogP contribution in [0, 0.1) is 5.41 Å². The summed E-state index contributed by atoms with van der Waals surface area (Å²) in [4.78, 5) is 9.67. The Kier molecular flexibility index (Phi) is 2.71. The van der Waals surface area contributed by atoms with Gasteiger partial charge < -0.3 is 0 Å². The summed E-state index contributed by atoms with van der Waals surface area (Å²) >= 11 is 3.41. The number of aromatic nitrogens is 3. The van der Waals surface area contributed by atoms with Gasteiger partial charge in [-0.05, 0) is 67.5 Å². The quantitative estimate of drug-likeness (QED) is 0.256. The highest BCUT2D eigenvalue weighted by Crippen LogP contribution is 2.62. The molecule has 5 rings (SSSR count). The first-order valence-electron chi connectivity index (χ1n) is 14.1. The van der Waals surface area contributed by atoms with E-state index in [0.717, 1.165) is 11.1 Å². The minimum absolute atomic E-state index is 0.0355. The number of benzene rings is 2. The Bertz CT molecular complexity index is 1710. The maximum atomic E-state index is 9.52. The van der Waals surface area contributed by atoms with Gasteiger partial charge in [-0.1, -0.05) is 68.3 Å². The molecular weight excluding hydrogens is 446 g/mol. The SMILES string of the molecule is [2H]c1cc2c(nc(C(C)(C)C([2H])([2H])[2H])n3c2nc2c([2H])c4c(c([2H])c23)C(C)(C)C(C)(C)C4(C)C)c(Br)c1[2H]. The van der Waals surface area contributed by atoms with Crippen LogP contribution in [0.25, 0.3) is 27.6 Å². The van der Waals surface area contributed by atoms with E-state index in [1.54, 1.807) is 18.2 Å².